The molecule has 1 atom stereocenters. The van der Waals surface area contributed by atoms with Gasteiger partial charge in [0.2, 0.25) is 5.91 Å². The summed E-state index contributed by atoms with van der Waals surface area (Å²) in [5.41, 5.74) is 2.91. The summed E-state index contributed by atoms with van der Waals surface area (Å²) in [6.07, 6.45) is 2.45. The maximum atomic E-state index is 13.1. The molecule has 1 aliphatic rings. The number of carbonyl (C=O) groups is 2. The Labute approximate surface area is 189 Å². The molecule has 4 rings (SSSR count). The Morgan fingerprint density at radius 2 is 1.94 bits per heavy atom. The summed E-state index contributed by atoms with van der Waals surface area (Å²) in [6, 6.07) is 12.3. The Bertz CT molecular complexity index is 1130. The number of ether oxygens (including phenoxy) is 1. The molecule has 0 bridgehead atoms. The zero-order valence-electron chi connectivity index (χ0n) is 17.2. The van der Waals surface area contributed by atoms with Gasteiger partial charge < -0.3 is 10.1 Å². The molecule has 0 radical (unpaired) electrons. The monoisotopic (exact) mass is 455 g/mol. The molecule has 31 heavy (non-hydrogen) atoms. The van der Waals surface area contributed by atoms with Crippen LogP contribution in [-0.4, -0.2) is 23.9 Å². The number of fused-ring (bicyclic) bond motifs is 1. The number of benzene rings is 2. The first-order valence-corrected chi connectivity index (χ1v) is 11.2. The van der Waals surface area contributed by atoms with Crippen LogP contribution in [0.25, 0.3) is 0 Å². The second-order valence-electron chi connectivity index (χ2n) is 7.43. The van der Waals surface area contributed by atoms with Crippen LogP contribution in [0.1, 0.15) is 45.3 Å². The van der Waals surface area contributed by atoms with Crippen LogP contribution < -0.4 is 15.4 Å². The van der Waals surface area contributed by atoms with Gasteiger partial charge in [-0.1, -0.05) is 17.7 Å². The molecule has 0 spiro atoms. The number of thiazole rings is 1. The third-order valence-electron chi connectivity index (χ3n) is 5.21. The lowest BCUT2D eigenvalue weighted by Gasteiger charge is -2.21. The molecule has 6 nitrogen and oxygen atoms in total. The SMILES string of the molecule is COc1ccc(C)cc1NC(=O)C1CCCc2sc(NC(=O)c3ccc(Cl)cc3)nc21. The van der Waals surface area contributed by atoms with Crippen LogP contribution in [0.2, 0.25) is 5.02 Å². The van der Waals surface area contributed by atoms with Crippen molar-refractivity contribution in [2.45, 2.75) is 32.1 Å². The van der Waals surface area contributed by atoms with E-state index < -0.39 is 0 Å². The van der Waals surface area contributed by atoms with Gasteiger partial charge in [0.05, 0.1) is 24.4 Å². The van der Waals surface area contributed by atoms with Crippen molar-refractivity contribution in [3.05, 3.63) is 69.2 Å². The predicted octanol–water partition coefficient (Wildman–Crippen LogP) is 5.42. The molecule has 1 aromatic heterocycles. The second kappa shape index (κ2) is 9.08. The van der Waals surface area contributed by atoms with Gasteiger partial charge in [0.15, 0.2) is 5.13 Å². The van der Waals surface area contributed by atoms with E-state index >= 15 is 0 Å². The number of rotatable bonds is 5. The van der Waals surface area contributed by atoms with Gasteiger partial charge in [-0.3, -0.25) is 14.9 Å². The minimum absolute atomic E-state index is 0.120. The topological polar surface area (TPSA) is 80.3 Å². The first-order valence-electron chi connectivity index (χ1n) is 9.96. The summed E-state index contributed by atoms with van der Waals surface area (Å²) in [5.74, 6) is -0.130. The fourth-order valence-corrected chi connectivity index (χ4v) is 4.82. The van der Waals surface area contributed by atoms with Crippen molar-refractivity contribution in [3.63, 3.8) is 0 Å². The second-order valence-corrected chi connectivity index (χ2v) is 8.95. The molecule has 0 saturated carbocycles. The van der Waals surface area contributed by atoms with Gasteiger partial charge in [-0.25, -0.2) is 4.98 Å². The predicted molar refractivity (Wildman–Crippen MR) is 124 cm³/mol. The van der Waals surface area contributed by atoms with E-state index in [1.54, 1.807) is 31.4 Å². The maximum absolute atomic E-state index is 13.1. The number of nitrogens with zero attached hydrogens (tertiary/aromatic N) is 1. The van der Waals surface area contributed by atoms with E-state index in [4.69, 9.17) is 16.3 Å². The van der Waals surface area contributed by atoms with Gasteiger partial charge in [-0.05, 0) is 68.1 Å². The Hall–Kier alpha value is -2.90. The van der Waals surface area contributed by atoms with Crippen LogP contribution in [0.15, 0.2) is 42.5 Å². The fraction of sp³-hybridized carbons (Fsp3) is 0.261. The van der Waals surface area contributed by atoms with Gasteiger partial charge in [-0.15, -0.1) is 11.3 Å². The lowest BCUT2D eigenvalue weighted by atomic mass is 9.90. The molecule has 8 heteroatoms. The zero-order chi connectivity index (χ0) is 22.0. The largest absolute Gasteiger partial charge is 0.495 e. The van der Waals surface area contributed by atoms with Crippen LogP contribution in [0, 0.1) is 6.92 Å². The molecule has 2 N–H and O–H groups in total. The molecule has 1 unspecified atom stereocenters. The number of hydrogen-bond acceptors (Lipinski definition) is 5. The van der Waals surface area contributed by atoms with Gasteiger partial charge >= 0.3 is 0 Å². The van der Waals surface area contributed by atoms with Crippen molar-refractivity contribution in [3.8, 4) is 5.75 Å². The minimum Gasteiger partial charge on any atom is -0.495 e. The van der Waals surface area contributed by atoms with E-state index in [0.717, 1.165) is 29.0 Å². The number of halogens is 1. The lowest BCUT2D eigenvalue weighted by Crippen LogP contribution is -2.25. The van der Waals surface area contributed by atoms with E-state index in [2.05, 4.69) is 15.6 Å². The molecule has 2 aromatic carbocycles. The normalized spacial score (nSPS) is 15.1. The summed E-state index contributed by atoms with van der Waals surface area (Å²) < 4.78 is 5.37. The highest BCUT2D eigenvalue weighted by Gasteiger charge is 2.31. The average Bonchev–Trinajstić information content (AvgIpc) is 3.16. The van der Waals surface area contributed by atoms with Crippen LogP contribution in [0.5, 0.6) is 5.75 Å². The third-order valence-corrected chi connectivity index (χ3v) is 6.51. The summed E-state index contributed by atoms with van der Waals surface area (Å²) in [5, 5.41) is 6.91. The zero-order valence-corrected chi connectivity index (χ0v) is 18.8. The molecule has 0 fully saturated rings. The number of methoxy groups -OCH3 is 1. The summed E-state index contributed by atoms with van der Waals surface area (Å²) >= 11 is 7.31. The molecular weight excluding hydrogens is 434 g/mol. The van der Waals surface area contributed by atoms with E-state index in [1.165, 1.54) is 11.3 Å². The van der Waals surface area contributed by atoms with Gasteiger partial charge in [0.25, 0.3) is 5.91 Å². The molecule has 2 amide bonds. The van der Waals surface area contributed by atoms with E-state index in [-0.39, 0.29) is 17.7 Å². The number of hydrogen-bond donors (Lipinski definition) is 2. The van der Waals surface area contributed by atoms with E-state index in [0.29, 0.717) is 33.6 Å². The quantitative estimate of drug-likeness (QED) is 0.538. The number of aryl methyl sites for hydroxylation is 2. The molecular formula is C23H22ClN3O3S. The van der Waals surface area contributed by atoms with E-state index in [9.17, 15) is 9.59 Å². The molecule has 1 heterocycles. The van der Waals surface area contributed by atoms with Gasteiger partial charge in [0, 0.05) is 15.5 Å². The highest BCUT2D eigenvalue weighted by Crippen LogP contribution is 2.38. The Kier molecular flexibility index (Phi) is 6.25. The highest BCUT2D eigenvalue weighted by atomic mass is 35.5. The van der Waals surface area contributed by atoms with E-state index in [1.807, 2.05) is 25.1 Å². The fourth-order valence-electron chi connectivity index (χ4n) is 3.64. The molecule has 1 aliphatic carbocycles. The van der Waals surface area contributed by atoms with Crippen LogP contribution in [0.3, 0.4) is 0 Å². The minimum atomic E-state index is -0.369. The van der Waals surface area contributed by atoms with Crippen molar-refractivity contribution in [2.24, 2.45) is 0 Å². The van der Waals surface area contributed by atoms with Crippen LogP contribution >= 0.6 is 22.9 Å². The molecule has 160 valence electrons. The Morgan fingerprint density at radius 3 is 2.68 bits per heavy atom. The lowest BCUT2D eigenvalue weighted by molar-refractivity contribution is -0.118. The first kappa shape index (κ1) is 21.3. The number of carbonyl (C=O) groups excluding carboxylic acids is 2. The molecule has 3 aromatic rings. The first-order chi connectivity index (χ1) is 14.9. The van der Waals surface area contributed by atoms with Crippen molar-refractivity contribution in [2.75, 3.05) is 17.7 Å². The van der Waals surface area contributed by atoms with Crippen molar-refractivity contribution < 1.29 is 14.3 Å². The van der Waals surface area contributed by atoms with Crippen molar-refractivity contribution in [1.29, 1.82) is 0 Å². The molecule has 0 aliphatic heterocycles. The Morgan fingerprint density at radius 1 is 1.16 bits per heavy atom. The third kappa shape index (κ3) is 4.73. The number of amides is 2. The molecule has 0 saturated heterocycles. The average molecular weight is 456 g/mol. The van der Waals surface area contributed by atoms with Crippen LogP contribution in [0.4, 0.5) is 10.8 Å². The smallest absolute Gasteiger partial charge is 0.257 e. The summed E-state index contributed by atoms with van der Waals surface area (Å²) in [6.45, 7) is 1.96. The highest BCUT2D eigenvalue weighted by molar-refractivity contribution is 7.16. The van der Waals surface area contributed by atoms with Crippen LogP contribution in [-0.2, 0) is 11.2 Å². The Balaban J connectivity index is 1.52. The van der Waals surface area contributed by atoms with Crippen molar-refractivity contribution >= 4 is 45.6 Å². The standard InChI is InChI=1S/C23H22ClN3O3S/c1-13-6-11-18(30-2)17(12-13)25-22(29)16-4-3-5-19-20(16)26-23(31-19)27-21(28)14-7-9-15(24)10-8-14/h6-12,16H,3-5H2,1-2H3,(H,25,29)(H,26,27,28). The van der Waals surface area contributed by atoms with Crippen molar-refractivity contribution in [1.82, 2.24) is 4.98 Å². The number of aromatic nitrogens is 1. The number of anilines is 2. The maximum Gasteiger partial charge on any atom is 0.257 e. The van der Waals surface area contributed by atoms with Gasteiger partial charge in [-0.2, -0.15) is 0 Å². The summed E-state index contributed by atoms with van der Waals surface area (Å²) in [7, 11) is 1.58. The number of nitrogens with one attached hydrogen (secondary N) is 2. The summed E-state index contributed by atoms with van der Waals surface area (Å²) in [4.78, 5) is 31.3. The van der Waals surface area contributed by atoms with Gasteiger partial charge in [0.1, 0.15) is 5.75 Å².